The first kappa shape index (κ1) is 9.21. The highest BCUT2D eigenvalue weighted by atomic mass is 16.5. The van der Waals surface area contributed by atoms with Crippen molar-refractivity contribution in [1.29, 1.82) is 0 Å². The highest BCUT2D eigenvalue weighted by Gasteiger charge is 2.23. The van der Waals surface area contributed by atoms with Gasteiger partial charge in [-0.2, -0.15) is 0 Å². The van der Waals surface area contributed by atoms with Gasteiger partial charge in [0.1, 0.15) is 0 Å². The van der Waals surface area contributed by atoms with E-state index in [1.54, 1.807) is 0 Å². The molecule has 14 heavy (non-hydrogen) atoms. The summed E-state index contributed by atoms with van der Waals surface area (Å²) < 4.78 is 4.73. The van der Waals surface area contributed by atoms with Gasteiger partial charge in [0.2, 0.25) is 0 Å². The monoisotopic (exact) mass is 191 g/mol. The molecule has 1 aliphatic heterocycles. The maximum absolute atomic E-state index is 11.4. The zero-order valence-electron chi connectivity index (χ0n) is 8.33. The third kappa shape index (κ3) is 1.30. The second-order valence-electron chi connectivity index (χ2n) is 3.47. The standard InChI is InChI=1S/C11H13NO2/c1-7-8-4-3-5-9(11(13)14-2)10(8)6-12-7/h3-5,7,12H,6H2,1-2H3. The van der Waals surface area contributed by atoms with E-state index in [9.17, 15) is 4.79 Å². The quantitative estimate of drug-likeness (QED) is 0.686. The number of benzene rings is 1. The smallest absolute Gasteiger partial charge is 0.338 e. The van der Waals surface area contributed by atoms with E-state index in [1.807, 2.05) is 18.2 Å². The molecule has 0 radical (unpaired) electrons. The molecular weight excluding hydrogens is 178 g/mol. The number of hydrogen-bond acceptors (Lipinski definition) is 3. The highest BCUT2D eigenvalue weighted by Crippen LogP contribution is 2.27. The fourth-order valence-electron chi connectivity index (χ4n) is 1.87. The number of hydrogen-bond donors (Lipinski definition) is 1. The molecular formula is C11H13NO2. The van der Waals surface area contributed by atoms with E-state index in [1.165, 1.54) is 12.7 Å². The maximum Gasteiger partial charge on any atom is 0.338 e. The van der Waals surface area contributed by atoms with E-state index < -0.39 is 0 Å². The topological polar surface area (TPSA) is 38.3 Å². The van der Waals surface area contributed by atoms with Crippen LogP contribution >= 0.6 is 0 Å². The van der Waals surface area contributed by atoms with Gasteiger partial charge in [0, 0.05) is 12.6 Å². The van der Waals surface area contributed by atoms with Crippen LogP contribution in [0.1, 0.15) is 34.5 Å². The Labute approximate surface area is 83.1 Å². The summed E-state index contributed by atoms with van der Waals surface area (Å²) in [5.41, 5.74) is 2.96. The Morgan fingerprint density at radius 1 is 1.57 bits per heavy atom. The van der Waals surface area contributed by atoms with Crippen molar-refractivity contribution in [2.24, 2.45) is 0 Å². The lowest BCUT2D eigenvalue weighted by molar-refractivity contribution is 0.0599. The number of ether oxygens (including phenoxy) is 1. The fourth-order valence-corrected chi connectivity index (χ4v) is 1.87. The van der Waals surface area contributed by atoms with Crippen molar-refractivity contribution in [1.82, 2.24) is 5.32 Å². The molecule has 1 unspecified atom stereocenters. The summed E-state index contributed by atoms with van der Waals surface area (Å²) in [6.07, 6.45) is 0. The molecule has 0 spiro atoms. The predicted molar refractivity (Wildman–Crippen MR) is 53.0 cm³/mol. The van der Waals surface area contributed by atoms with Crippen molar-refractivity contribution < 1.29 is 9.53 Å². The molecule has 1 aliphatic rings. The molecule has 0 aliphatic carbocycles. The molecule has 74 valence electrons. The van der Waals surface area contributed by atoms with Crippen LogP contribution < -0.4 is 5.32 Å². The number of rotatable bonds is 1. The molecule has 1 aromatic carbocycles. The number of fused-ring (bicyclic) bond motifs is 1. The second-order valence-corrected chi connectivity index (χ2v) is 3.47. The second kappa shape index (κ2) is 3.42. The van der Waals surface area contributed by atoms with Crippen LogP contribution in [0.4, 0.5) is 0 Å². The number of esters is 1. The molecule has 3 nitrogen and oxygen atoms in total. The van der Waals surface area contributed by atoms with Crippen molar-refractivity contribution in [3.8, 4) is 0 Å². The lowest BCUT2D eigenvalue weighted by Crippen LogP contribution is -2.08. The van der Waals surface area contributed by atoms with Gasteiger partial charge in [-0.05, 0) is 24.1 Å². The van der Waals surface area contributed by atoms with Crippen LogP contribution in [0.15, 0.2) is 18.2 Å². The molecule has 1 heterocycles. The van der Waals surface area contributed by atoms with Gasteiger partial charge in [-0.3, -0.25) is 0 Å². The van der Waals surface area contributed by atoms with Crippen molar-refractivity contribution >= 4 is 5.97 Å². The van der Waals surface area contributed by atoms with Gasteiger partial charge in [-0.1, -0.05) is 12.1 Å². The number of carbonyl (C=O) groups is 1. The van der Waals surface area contributed by atoms with E-state index in [-0.39, 0.29) is 5.97 Å². The summed E-state index contributed by atoms with van der Waals surface area (Å²) in [4.78, 5) is 11.4. The molecule has 3 heteroatoms. The minimum absolute atomic E-state index is 0.252. The fraction of sp³-hybridized carbons (Fsp3) is 0.364. The molecule has 0 bridgehead atoms. The van der Waals surface area contributed by atoms with Crippen molar-refractivity contribution in [2.45, 2.75) is 19.5 Å². The van der Waals surface area contributed by atoms with E-state index in [0.29, 0.717) is 11.6 Å². The Morgan fingerprint density at radius 2 is 2.36 bits per heavy atom. The van der Waals surface area contributed by atoms with Crippen LogP contribution in [0.25, 0.3) is 0 Å². The molecule has 1 atom stereocenters. The van der Waals surface area contributed by atoms with E-state index in [4.69, 9.17) is 4.74 Å². The molecule has 1 aromatic rings. The third-order valence-corrected chi connectivity index (χ3v) is 2.67. The van der Waals surface area contributed by atoms with Crippen molar-refractivity contribution in [2.75, 3.05) is 7.11 Å². The molecule has 1 N–H and O–H groups in total. The minimum Gasteiger partial charge on any atom is -0.465 e. The molecule has 0 saturated heterocycles. The normalized spacial score (nSPS) is 19.1. The molecule has 0 aromatic heterocycles. The zero-order valence-corrected chi connectivity index (χ0v) is 8.33. The van der Waals surface area contributed by atoms with Gasteiger partial charge in [-0.15, -0.1) is 0 Å². The molecule has 0 saturated carbocycles. The number of nitrogens with one attached hydrogen (secondary N) is 1. The van der Waals surface area contributed by atoms with Crippen LogP contribution in [0.3, 0.4) is 0 Å². The molecule has 0 fully saturated rings. The highest BCUT2D eigenvalue weighted by molar-refractivity contribution is 5.91. The number of methoxy groups -OCH3 is 1. The third-order valence-electron chi connectivity index (χ3n) is 2.67. The lowest BCUT2D eigenvalue weighted by atomic mass is 10.0. The first-order valence-corrected chi connectivity index (χ1v) is 4.67. The SMILES string of the molecule is COC(=O)c1cccc2c1CNC2C. The van der Waals surface area contributed by atoms with Gasteiger partial charge >= 0.3 is 5.97 Å². The Balaban J connectivity index is 2.49. The van der Waals surface area contributed by atoms with Gasteiger partial charge in [-0.25, -0.2) is 4.79 Å². The summed E-state index contributed by atoms with van der Waals surface area (Å²) >= 11 is 0. The average Bonchev–Trinajstić information content (AvgIpc) is 2.59. The maximum atomic E-state index is 11.4. The summed E-state index contributed by atoms with van der Waals surface area (Å²) in [5, 5.41) is 3.30. The average molecular weight is 191 g/mol. The van der Waals surface area contributed by atoms with Gasteiger partial charge in [0.05, 0.1) is 12.7 Å². The van der Waals surface area contributed by atoms with Crippen molar-refractivity contribution in [3.05, 3.63) is 34.9 Å². The zero-order chi connectivity index (χ0) is 10.1. The van der Waals surface area contributed by atoms with E-state index in [2.05, 4.69) is 12.2 Å². The van der Waals surface area contributed by atoms with Crippen LogP contribution in [-0.4, -0.2) is 13.1 Å². The van der Waals surface area contributed by atoms with Gasteiger partial charge in [0.25, 0.3) is 0 Å². The Hall–Kier alpha value is -1.35. The summed E-state index contributed by atoms with van der Waals surface area (Å²) in [6, 6.07) is 6.08. The Bertz CT molecular complexity index is 374. The Kier molecular flexibility index (Phi) is 2.25. The van der Waals surface area contributed by atoms with E-state index >= 15 is 0 Å². The van der Waals surface area contributed by atoms with Gasteiger partial charge < -0.3 is 10.1 Å². The first-order valence-electron chi connectivity index (χ1n) is 4.67. The Morgan fingerprint density at radius 3 is 3.07 bits per heavy atom. The first-order chi connectivity index (χ1) is 6.74. The van der Waals surface area contributed by atoms with Crippen LogP contribution in [0.2, 0.25) is 0 Å². The van der Waals surface area contributed by atoms with Crippen LogP contribution in [-0.2, 0) is 11.3 Å². The van der Waals surface area contributed by atoms with Gasteiger partial charge in [0.15, 0.2) is 0 Å². The summed E-state index contributed by atoms with van der Waals surface area (Å²) in [6.45, 7) is 2.84. The van der Waals surface area contributed by atoms with Crippen molar-refractivity contribution in [3.63, 3.8) is 0 Å². The molecule has 0 amide bonds. The number of carbonyl (C=O) groups excluding carboxylic acids is 1. The van der Waals surface area contributed by atoms with Crippen LogP contribution in [0.5, 0.6) is 0 Å². The summed E-state index contributed by atoms with van der Waals surface area (Å²) in [5.74, 6) is -0.252. The van der Waals surface area contributed by atoms with Crippen LogP contribution in [0, 0.1) is 0 Å². The predicted octanol–water partition coefficient (Wildman–Crippen LogP) is 1.64. The molecule has 2 rings (SSSR count). The minimum atomic E-state index is -0.252. The lowest BCUT2D eigenvalue weighted by Gasteiger charge is -2.06. The largest absolute Gasteiger partial charge is 0.465 e. The summed E-state index contributed by atoms with van der Waals surface area (Å²) in [7, 11) is 1.41. The van der Waals surface area contributed by atoms with E-state index in [0.717, 1.165) is 12.1 Å².